The van der Waals surface area contributed by atoms with Gasteiger partial charge in [-0.2, -0.15) is 0 Å². The van der Waals surface area contributed by atoms with Gasteiger partial charge in [0.15, 0.2) is 0 Å². The second-order valence-electron chi connectivity index (χ2n) is 15.1. The second kappa shape index (κ2) is 17.8. The van der Waals surface area contributed by atoms with Crippen LogP contribution in [0.4, 0.5) is 11.4 Å². The minimum atomic E-state index is -1.31. The van der Waals surface area contributed by atoms with Gasteiger partial charge in [0.25, 0.3) is 5.91 Å². The first-order valence-electron chi connectivity index (χ1n) is 19.5. The van der Waals surface area contributed by atoms with Gasteiger partial charge < -0.3 is 34.6 Å². The van der Waals surface area contributed by atoms with E-state index in [1.165, 1.54) is 4.90 Å². The molecule has 3 aliphatic heterocycles. The number of allylic oxidation sites excluding steroid dienone is 1. The second-order valence-corrected chi connectivity index (χ2v) is 15.1. The van der Waals surface area contributed by atoms with Gasteiger partial charge in [-0.3, -0.25) is 19.2 Å². The number of nitrogens with zero attached hydrogens (tertiary/aromatic N) is 3. The zero-order valence-corrected chi connectivity index (χ0v) is 32.5. The predicted octanol–water partition coefficient (Wildman–Crippen LogP) is 5.59. The van der Waals surface area contributed by atoms with E-state index in [-0.39, 0.29) is 37.3 Å². The molecule has 5 rings (SSSR count). The number of ether oxygens (including phenoxy) is 2. The summed E-state index contributed by atoms with van der Waals surface area (Å²) in [6, 6.07) is 14.6. The van der Waals surface area contributed by atoms with Crippen LogP contribution in [0.2, 0.25) is 0 Å². The maximum atomic E-state index is 15.1. The monoisotopic (exact) mass is 742 g/mol. The molecule has 3 amide bonds. The Labute approximate surface area is 320 Å². The molecule has 8 atom stereocenters. The minimum absolute atomic E-state index is 0.105. The van der Waals surface area contributed by atoms with Gasteiger partial charge in [0.2, 0.25) is 11.8 Å². The first-order valence-corrected chi connectivity index (χ1v) is 19.5. The third-order valence-corrected chi connectivity index (χ3v) is 11.2. The molecule has 3 saturated heterocycles. The lowest BCUT2D eigenvalue weighted by Crippen LogP contribution is -2.59. The molecule has 54 heavy (non-hydrogen) atoms. The first kappa shape index (κ1) is 40.7. The largest absolute Gasteiger partial charge is 0.455 e. The molecule has 292 valence electrons. The molecule has 0 aromatic heterocycles. The molecule has 3 heterocycles. The van der Waals surface area contributed by atoms with E-state index in [0.29, 0.717) is 36.9 Å². The topological polar surface area (TPSA) is 129 Å². The SMILES string of the molecule is C=CCCC(=O)N[C@@H](C)[C@H](OC(=O)[C@@H]1[C@@H]2CC[C@]3(O2)[C@H](C(=O)N(CC=C)c2ccc(N(CC)CC)cc2)N([C@@H](CO)CC(C)C)C(=O)[C@@H]13)c1ccccc1. The molecule has 11 nitrogen and oxygen atoms in total. The summed E-state index contributed by atoms with van der Waals surface area (Å²) in [4.78, 5) is 62.6. The summed E-state index contributed by atoms with van der Waals surface area (Å²) in [5.74, 6) is -3.44. The standard InChI is InChI=1S/C43H58N4O7/c1-8-12-18-35(49)44-29(7)38(30-16-14-13-15-17-30)53-42(52)36-34-23-24-43(54-34)37(36)40(50)47(33(27-48)26-28(5)6)39(43)41(51)46(25-9-2)32-21-19-31(20-22-32)45(10-3)11-4/h8-9,13-17,19-22,28-29,33-34,36-39,48H,1-2,10-12,18,23-27H2,3-7H3,(H,44,49)/t29-,33+,34-,36+,37+,38-,39-,43+/m0/s1. The van der Waals surface area contributed by atoms with E-state index in [1.807, 2.05) is 68.4 Å². The van der Waals surface area contributed by atoms with Gasteiger partial charge in [-0.05, 0) is 82.2 Å². The van der Waals surface area contributed by atoms with E-state index in [1.54, 1.807) is 24.0 Å². The minimum Gasteiger partial charge on any atom is -0.455 e. The third kappa shape index (κ3) is 7.98. The summed E-state index contributed by atoms with van der Waals surface area (Å²) >= 11 is 0. The summed E-state index contributed by atoms with van der Waals surface area (Å²) in [6.45, 7) is 19.1. The smallest absolute Gasteiger partial charge is 0.313 e. The van der Waals surface area contributed by atoms with Crippen molar-refractivity contribution in [3.8, 4) is 0 Å². The van der Waals surface area contributed by atoms with Gasteiger partial charge in [-0.15, -0.1) is 13.2 Å². The van der Waals surface area contributed by atoms with Gasteiger partial charge in [0, 0.05) is 37.4 Å². The van der Waals surface area contributed by atoms with Crippen molar-refractivity contribution in [3.05, 3.63) is 85.5 Å². The molecule has 0 aliphatic carbocycles. The van der Waals surface area contributed by atoms with Crippen LogP contribution in [0.3, 0.4) is 0 Å². The average Bonchev–Trinajstić information content (AvgIpc) is 3.82. The maximum Gasteiger partial charge on any atom is 0.313 e. The molecule has 2 bridgehead atoms. The highest BCUT2D eigenvalue weighted by molar-refractivity contribution is 6.05. The zero-order valence-electron chi connectivity index (χ0n) is 32.5. The van der Waals surface area contributed by atoms with Crippen LogP contribution in [-0.2, 0) is 28.7 Å². The number of hydrogen-bond acceptors (Lipinski definition) is 8. The highest BCUT2D eigenvalue weighted by atomic mass is 16.6. The predicted molar refractivity (Wildman–Crippen MR) is 210 cm³/mol. The zero-order chi connectivity index (χ0) is 39.2. The molecule has 3 fully saturated rings. The van der Waals surface area contributed by atoms with Crippen LogP contribution in [0.25, 0.3) is 0 Å². The van der Waals surface area contributed by atoms with E-state index < -0.39 is 59.6 Å². The van der Waals surface area contributed by atoms with Crippen LogP contribution < -0.4 is 15.1 Å². The van der Waals surface area contributed by atoms with E-state index >= 15 is 4.79 Å². The fraction of sp³-hybridized carbons (Fsp3) is 0.535. The van der Waals surface area contributed by atoms with Crippen molar-refractivity contribution < 1.29 is 33.8 Å². The van der Waals surface area contributed by atoms with E-state index in [2.05, 4.69) is 37.2 Å². The number of rotatable bonds is 19. The van der Waals surface area contributed by atoms with Gasteiger partial charge in [-0.25, -0.2) is 0 Å². The summed E-state index contributed by atoms with van der Waals surface area (Å²) in [5.41, 5.74) is 1.06. The number of aliphatic hydroxyl groups excluding tert-OH is 1. The van der Waals surface area contributed by atoms with Crippen molar-refractivity contribution in [1.29, 1.82) is 0 Å². The lowest BCUT2D eigenvalue weighted by atomic mass is 9.70. The number of carbonyl (C=O) groups is 4. The van der Waals surface area contributed by atoms with E-state index in [9.17, 15) is 19.5 Å². The maximum absolute atomic E-state index is 15.1. The van der Waals surface area contributed by atoms with Crippen molar-refractivity contribution in [2.75, 3.05) is 36.0 Å². The molecular formula is C43H58N4O7. The molecule has 11 heteroatoms. The average molecular weight is 743 g/mol. The molecular weight excluding hydrogens is 684 g/mol. The number of carbonyl (C=O) groups excluding carboxylic acids is 4. The highest BCUT2D eigenvalue weighted by Crippen LogP contribution is 2.59. The fourth-order valence-corrected chi connectivity index (χ4v) is 8.82. The van der Waals surface area contributed by atoms with E-state index in [0.717, 1.165) is 18.8 Å². The molecule has 0 saturated carbocycles. The van der Waals surface area contributed by atoms with Crippen molar-refractivity contribution in [2.24, 2.45) is 17.8 Å². The summed E-state index contributed by atoms with van der Waals surface area (Å²) in [6.07, 6.45) is 3.89. The Morgan fingerprint density at radius 2 is 1.70 bits per heavy atom. The summed E-state index contributed by atoms with van der Waals surface area (Å²) in [7, 11) is 0. The Bertz CT molecular complexity index is 1640. The Morgan fingerprint density at radius 1 is 1.04 bits per heavy atom. The number of amides is 3. The highest BCUT2D eigenvalue weighted by Gasteiger charge is 2.75. The normalized spacial score (nSPS) is 24.4. The van der Waals surface area contributed by atoms with E-state index in [4.69, 9.17) is 9.47 Å². The molecule has 1 spiro atoms. The van der Waals surface area contributed by atoms with Crippen LogP contribution in [-0.4, -0.2) is 89.8 Å². The number of likely N-dealkylation sites (tertiary alicyclic amines) is 1. The van der Waals surface area contributed by atoms with Gasteiger partial charge in [0.05, 0.1) is 36.6 Å². The Kier molecular flexibility index (Phi) is 13.4. The van der Waals surface area contributed by atoms with Gasteiger partial charge in [0.1, 0.15) is 17.7 Å². The molecule has 2 aromatic rings. The Hall–Kier alpha value is -4.48. The fourth-order valence-electron chi connectivity index (χ4n) is 8.82. The van der Waals surface area contributed by atoms with Crippen LogP contribution >= 0.6 is 0 Å². The number of benzene rings is 2. The van der Waals surface area contributed by atoms with Gasteiger partial charge >= 0.3 is 5.97 Å². The summed E-state index contributed by atoms with van der Waals surface area (Å²) in [5, 5.41) is 13.7. The van der Waals surface area contributed by atoms with Crippen molar-refractivity contribution in [2.45, 2.75) is 103 Å². The molecule has 2 N–H and O–H groups in total. The number of anilines is 2. The number of fused-ring (bicyclic) bond motifs is 1. The molecule has 3 aliphatic rings. The number of esters is 1. The molecule has 0 unspecified atom stereocenters. The summed E-state index contributed by atoms with van der Waals surface area (Å²) < 4.78 is 13.0. The molecule has 2 aromatic carbocycles. The van der Waals surface area contributed by atoms with Crippen LogP contribution in [0.15, 0.2) is 79.9 Å². The lowest BCUT2D eigenvalue weighted by Gasteiger charge is -2.39. The number of hydrogen-bond donors (Lipinski definition) is 2. The van der Waals surface area contributed by atoms with Crippen molar-refractivity contribution in [3.63, 3.8) is 0 Å². The lowest BCUT2D eigenvalue weighted by molar-refractivity contribution is -0.162. The first-order chi connectivity index (χ1) is 26.0. The Morgan fingerprint density at radius 3 is 2.30 bits per heavy atom. The number of aliphatic hydroxyl groups is 1. The third-order valence-electron chi connectivity index (χ3n) is 11.2. The van der Waals surface area contributed by atoms with Crippen LogP contribution in [0.5, 0.6) is 0 Å². The Balaban J connectivity index is 1.52. The van der Waals surface area contributed by atoms with Crippen LogP contribution in [0, 0.1) is 17.8 Å². The van der Waals surface area contributed by atoms with Crippen molar-refractivity contribution in [1.82, 2.24) is 10.2 Å². The molecule has 0 radical (unpaired) electrons. The number of nitrogens with one attached hydrogen (secondary N) is 1. The van der Waals surface area contributed by atoms with Crippen LogP contribution in [0.1, 0.15) is 78.4 Å². The van der Waals surface area contributed by atoms with Crippen molar-refractivity contribution >= 4 is 35.1 Å². The quantitative estimate of drug-likeness (QED) is 0.141. The van der Waals surface area contributed by atoms with Gasteiger partial charge in [-0.1, -0.05) is 56.3 Å².